The first kappa shape index (κ1) is 13.6. The lowest BCUT2D eigenvalue weighted by molar-refractivity contribution is 0.112. The number of aromatic nitrogens is 1. The highest BCUT2D eigenvalue weighted by atomic mass is 79.9. The summed E-state index contributed by atoms with van der Waals surface area (Å²) in [5.74, 6) is 0. The number of hydrogen-bond acceptors (Lipinski definition) is 4. The fraction of sp³-hybridized carbons (Fsp3) is 0.200. The standard InChI is InChI=1S/C8H3BrClNOS.C2H6O/c9-6-2-11-8(10)7-5(6)1-4(3-12)13-7;1-3-2/h1-3H;1-2H3. The van der Waals surface area contributed by atoms with Gasteiger partial charge in [-0.05, 0) is 22.0 Å². The van der Waals surface area contributed by atoms with Gasteiger partial charge in [0.2, 0.25) is 0 Å². The number of aldehydes is 1. The number of methoxy groups -OCH3 is 1. The largest absolute Gasteiger partial charge is 0.388 e. The average molecular weight is 323 g/mol. The van der Waals surface area contributed by atoms with Crippen molar-refractivity contribution < 1.29 is 9.53 Å². The van der Waals surface area contributed by atoms with E-state index in [4.69, 9.17) is 11.6 Å². The third-order valence-corrected chi connectivity index (χ3v) is 3.70. The first-order valence-corrected chi connectivity index (χ1v) is 6.21. The van der Waals surface area contributed by atoms with Crippen LogP contribution in [-0.4, -0.2) is 25.5 Å². The predicted molar refractivity (Wildman–Crippen MR) is 70.7 cm³/mol. The van der Waals surface area contributed by atoms with Gasteiger partial charge < -0.3 is 4.74 Å². The van der Waals surface area contributed by atoms with Crippen LogP contribution in [0.3, 0.4) is 0 Å². The molecule has 0 aliphatic rings. The summed E-state index contributed by atoms with van der Waals surface area (Å²) in [4.78, 5) is 15.2. The molecule has 2 aromatic rings. The van der Waals surface area contributed by atoms with Crippen molar-refractivity contribution in [1.82, 2.24) is 4.98 Å². The van der Waals surface area contributed by atoms with Crippen molar-refractivity contribution in [3.63, 3.8) is 0 Å². The molecule has 0 unspecified atom stereocenters. The molecular weight excluding hydrogens is 314 g/mol. The van der Waals surface area contributed by atoms with E-state index in [0.29, 0.717) is 10.0 Å². The Hall–Kier alpha value is -0.490. The molecule has 2 aromatic heterocycles. The van der Waals surface area contributed by atoms with Crippen molar-refractivity contribution in [3.05, 3.63) is 26.8 Å². The molecule has 3 nitrogen and oxygen atoms in total. The second-order valence-corrected chi connectivity index (χ2v) is 5.11. The summed E-state index contributed by atoms with van der Waals surface area (Å²) < 4.78 is 5.95. The number of carbonyl (C=O) groups excluding carboxylic acids is 1. The maximum absolute atomic E-state index is 10.5. The molecule has 6 heteroatoms. The van der Waals surface area contributed by atoms with Crippen LogP contribution in [0.4, 0.5) is 0 Å². The lowest BCUT2D eigenvalue weighted by Crippen LogP contribution is -1.74. The topological polar surface area (TPSA) is 39.2 Å². The molecule has 0 aliphatic carbocycles. The van der Waals surface area contributed by atoms with Crippen LogP contribution in [0.15, 0.2) is 16.7 Å². The maximum atomic E-state index is 10.5. The van der Waals surface area contributed by atoms with E-state index in [1.807, 2.05) is 0 Å². The smallest absolute Gasteiger partial charge is 0.160 e. The van der Waals surface area contributed by atoms with Crippen molar-refractivity contribution >= 4 is 55.2 Å². The molecule has 0 amide bonds. The summed E-state index contributed by atoms with van der Waals surface area (Å²) in [5, 5.41) is 1.38. The number of ether oxygens (including phenoxy) is 1. The van der Waals surface area contributed by atoms with Crippen molar-refractivity contribution in [3.8, 4) is 0 Å². The van der Waals surface area contributed by atoms with Gasteiger partial charge in [-0.15, -0.1) is 11.3 Å². The molecular formula is C10H9BrClNO2S. The molecule has 2 heterocycles. The van der Waals surface area contributed by atoms with Crippen LogP contribution < -0.4 is 0 Å². The van der Waals surface area contributed by atoms with Gasteiger partial charge >= 0.3 is 0 Å². The fourth-order valence-corrected chi connectivity index (χ4v) is 2.73. The Balaban J connectivity index is 0.000000386. The van der Waals surface area contributed by atoms with Crippen LogP contribution in [0.2, 0.25) is 5.15 Å². The molecule has 0 atom stereocenters. The predicted octanol–water partition coefficient (Wildman–Crippen LogP) is 3.79. The number of carbonyl (C=O) groups is 1. The Kier molecular flexibility index (Phi) is 5.34. The molecule has 0 aromatic carbocycles. The fourth-order valence-electron chi connectivity index (χ4n) is 1.04. The van der Waals surface area contributed by atoms with Crippen molar-refractivity contribution in [2.24, 2.45) is 0 Å². The summed E-state index contributed by atoms with van der Waals surface area (Å²) in [6.45, 7) is 0. The summed E-state index contributed by atoms with van der Waals surface area (Å²) in [5.41, 5.74) is 0. The van der Waals surface area contributed by atoms with Crippen LogP contribution >= 0.6 is 38.9 Å². The molecule has 0 spiro atoms. The van der Waals surface area contributed by atoms with Crippen LogP contribution in [0, 0.1) is 0 Å². The highest BCUT2D eigenvalue weighted by Crippen LogP contribution is 2.34. The minimum absolute atomic E-state index is 0.441. The number of thiophene rings is 1. The number of pyridine rings is 1. The molecule has 0 radical (unpaired) electrons. The van der Waals surface area contributed by atoms with Gasteiger partial charge in [-0.3, -0.25) is 4.79 Å². The van der Waals surface area contributed by atoms with Crippen molar-refractivity contribution in [2.45, 2.75) is 0 Å². The first-order valence-electron chi connectivity index (χ1n) is 4.22. The van der Waals surface area contributed by atoms with Crippen molar-refractivity contribution in [2.75, 3.05) is 14.2 Å². The number of hydrogen-bond donors (Lipinski definition) is 0. The van der Waals surface area contributed by atoms with E-state index in [9.17, 15) is 4.79 Å². The van der Waals surface area contributed by atoms with E-state index in [-0.39, 0.29) is 0 Å². The van der Waals surface area contributed by atoms with E-state index in [1.165, 1.54) is 11.3 Å². The van der Waals surface area contributed by atoms with E-state index < -0.39 is 0 Å². The lowest BCUT2D eigenvalue weighted by atomic mass is 10.3. The molecule has 0 saturated heterocycles. The zero-order valence-corrected chi connectivity index (χ0v) is 11.8. The SMILES string of the molecule is COC.O=Cc1cc2c(Br)cnc(Cl)c2s1. The molecule has 0 saturated carbocycles. The lowest BCUT2D eigenvalue weighted by Gasteiger charge is -1.93. The van der Waals surface area contributed by atoms with E-state index in [1.54, 1.807) is 26.5 Å². The molecule has 86 valence electrons. The molecule has 0 N–H and O–H groups in total. The molecule has 2 rings (SSSR count). The first-order chi connectivity index (χ1) is 7.63. The zero-order chi connectivity index (χ0) is 12.1. The molecule has 0 fully saturated rings. The van der Waals surface area contributed by atoms with E-state index in [0.717, 1.165) is 20.8 Å². The van der Waals surface area contributed by atoms with Gasteiger partial charge in [-0.1, -0.05) is 11.6 Å². The maximum Gasteiger partial charge on any atom is 0.160 e. The van der Waals surface area contributed by atoms with Crippen LogP contribution in [0.1, 0.15) is 9.67 Å². The Bertz CT molecular complexity index is 462. The third kappa shape index (κ3) is 3.01. The second kappa shape index (κ2) is 6.30. The number of nitrogens with zero attached hydrogens (tertiary/aromatic N) is 1. The van der Waals surface area contributed by atoms with E-state index >= 15 is 0 Å². The summed E-state index contributed by atoms with van der Waals surface area (Å²) in [6.07, 6.45) is 2.44. The van der Waals surface area contributed by atoms with Gasteiger partial charge in [0, 0.05) is 30.3 Å². The van der Waals surface area contributed by atoms with Gasteiger partial charge in [0.15, 0.2) is 6.29 Å². The molecule has 16 heavy (non-hydrogen) atoms. The zero-order valence-electron chi connectivity index (χ0n) is 8.66. The van der Waals surface area contributed by atoms with E-state index in [2.05, 4.69) is 25.7 Å². The minimum Gasteiger partial charge on any atom is -0.388 e. The highest BCUT2D eigenvalue weighted by Gasteiger charge is 2.08. The minimum atomic E-state index is 0.441. The second-order valence-electron chi connectivity index (χ2n) is 2.81. The molecule has 0 bridgehead atoms. The van der Waals surface area contributed by atoms with Gasteiger partial charge in [0.05, 0.1) is 9.58 Å². The highest BCUT2D eigenvalue weighted by molar-refractivity contribution is 9.10. The Labute approximate surface area is 111 Å². The summed E-state index contributed by atoms with van der Waals surface area (Å²) in [6, 6.07) is 1.80. The number of halogens is 2. The number of fused-ring (bicyclic) bond motifs is 1. The normalized spacial score (nSPS) is 9.75. The van der Waals surface area contributed by atoms with Crippen LogP contribution in [0.5, 0.6) is 0 Å². The van der Waals surface area contributed by atoms with Gasteiger partial charge in [0.1, 0.15) is 5.15 Å². The van der Waals surface area contributed by atoms with Crippen LogP contribution in [0.25, 0.3) is 10.1 Å². The van der Waals surface area contributed by atoms with Gasteiger partial charge in [0.25, 0.3) is 0 Å². The Morgan fingerprint density at radius 3 is 2.69 bits per heavy atom. The monoisotopic (exact) mass is 321 g/mol. The van der Waals surface area contributed by atoms with Crippen LogP contribution in [-0.2, 0) is 4.74 Å². The number of rotatable bonds is 1. The quantitative estimate of drug-likeness (QED) is 0.592. The average Bonchev–Trinajstić information content (AvgIpc) is 2.70. The van der Waals surface area contributed by atoms with Gasteiger partial charge in [-0.25, -0.2) is 4.98 Å². The molecule has 0 aliphatic heterocycles. The summed E-state index contributed by atoms with van der Waals surface area (Å²) >= 11 is 10.6. The van der Waals surface area contributed by atoms with Crippen molar-refractivity contribution in [1.29, 1.82) is 0 Å². The third-order valence-electron chi connectivity index (χ3n) is 1.60. The Morgan fingerprint density at radius 1 is 1.56 bits per heavy atom. The van der Waals surface area contributed by atoms with Gasteiger partial charge in [-0.2, -0.15) is 0 Å². The summed E-state index contributed by atoms with van der Waals surface area (Å²) in [7, 11) is 3.25. The Morgan fingerprint density at radius 2 is 2.19 bits per heavy atom.